The van der Waals surface area contributed by atoms with Gasteiger partial charge >= 0.3 is 0 Å². The van der Waals surface area contributed by atoms with E-state index in [1.807, 2.05) is 4.90 Å². The zero-order valence-corrected chi connectivity index (χ0v) is 12.6. The highest BCUT2D eigenvalue weighted by molar-refractivity contribution is 5.80. The van der Waals surface area contributed by atoms with E-state index in [0.717, 1.165) is 31.8 Å². The number of aliphatic hydroxyl groups excluding tert-OH is 1. The van der Waals surface area contributed by atoms with Crippen LogP contribution in [0.4, 0.5) is 0 Å². The lowest BCUT2D eigenvalue weighted by atomic mass is 9.85. The second-order valence-corrected chi connectivity index (χ2v) is 7.19. The summed E-state index contributed by atoms with van der Waals surface area (Å²) in [6.45, 7) is 12.3. The monoisotopic (exact) mass is 255 g/mol. The molecule has 0 spiro atoms. The van der Waals surface area contributed by atoms with Crippen LogP contribution in [-0.2, 0) is 4.79 Å². The summed E-state index contributed by atoms with van der Waals surface area (Å²) in [7, 11) is 0. The molecule has 1 aliphatic rings. The number of aliphatic hydroxyl groups is 1. The predicted octanol–water partition coefficient (Wildman–Crippen LogP) is 2.68. The van der Waals surface area contributed by atoms with Gasteiger partial charge in [0.1, 0.15) is 6.10 Å². The first kappa shape index (κ1) is 15.5. The lowest BCUT2D eigenvalue weighted by molar-refractivity contribution is -0.143. The van der Waals surface area contributed by atoms with Crippen molar-refractivity contribution in [3.8, 4) is 0 Å². The van der Waals surface area contributed by atoms with Crippen LogP contribution >= 0.6 is 0 Å². The molecule has 1 fully saturated rings. The Bertz CT molecular complexity index is 273. The first-order chi connectivity index (χ1) is 8.20. The zero-order chi connectivity index (χ0) is 13.9. The minimum atomic E-state index is -0.833. The maximum atomic E-state index is 12.1. The van der Waals surface area contributed by atoms with Crippen LogP contribution in [0.3, 0.4) is 0 Å². The van der Waals surface area contributed by atoms with Crippen molar-refractivity contribution in [2.24, 2.45) is 17.3 Å². The molecule has 3 nitrogen and oxygen atoms in total. The van der Waals surface area contributed by atoms with Gasteiger partial charge in [-0.05, 0) is 36.5 Å². The maximum Gasteiger partial charge on any atom is 0.251 e. The maximum absolute atomic E-state index is 12.1. The van der Waals surface area contributed by atoms with Gasteiger partial charge in [0, 0.05) is 13.1 Å². The van der Waals surface area contributed by atoms with E-state index < -0.39 is 6.10 Å². The van der Waals surface area contributed by atoms with Crippen molar-refractivity contribution in [3.63, 3.8) is 0 Å². The van der Waals surface area contributed by atoms with Crippen molar-refractivity contribution < 1.29 is 9.90 Å². The number of carbonyl (C=O) groups is 1. The van der Waals surface area contributed by atoms with E-state index in [2.05, 4.69) is 34.6 Å². The first-order valence-corrected chi connectivity index (χ1v) is 7.17. The first-order valence-electron chi connectivity index (χ1n) is 7.17. The van der Waals surface area contributed by atoms with Gasteiger partial charge in [0.05, 0.1) is 0 Å². The molecule has 3 heteroatoms. The van der Waals surface area contributed by atoms with Gasteiger partial charge in [-0.2, -0.15) is 0 Å². The van der Waals surface area contributed by atoms with Crippen LogP contribution in [0.15, 0.2) is 0 Å². The predicted molar refractivity (Wildman–Crippen MR) is 74.2 cm³/mol. The third-order valence-electron chi connectivity index (χ3n) is 3.88. The van der Waals surface area contributed by atoms with Crippen molar-refractivity contribution in [2.75, 3.05) is 13.1 Å². The molecule has 1 N–H and O–H groups in total. The summed E-state index contributed by atoms with van der Waals surface area (Å²) in [5.74, 6) is 1.35. The third kappa shape index (κ3) is 4.60. The van der Waals surface area contributed by atoms with E-state index in [1.165, 1.54) is 0 Å². The molecule has 1 amide bonds. The minimum Gasteiger partial charge on any atom is -0.383 e. The molecular formula is C15H29NO2. The summed E-state index contributed by atoms with van der Waals surface area (Å²) in [5, 5.41) is 9.99. The molecule has 0 aromatic rings. The number of hydrogen-bond donors (Lipinski definition) is 1. The molecule has 0 aliphatic carbocycles. The summed E-state index contributed by atoms with van der Waals surface area (Å²) in [4.78, 5) is 14.0. The zero-order valence-electron chi connectivity index (χ0n) is 12.6. The largest absolute Gasteiger partial charge is 0.383 e. The van der Waals surface area contributed by atoms with Crippen LogP contribution in [0.2, 0.25) is 0 Å². The van der Waals surface area contributed by atoms with Crippen molar-refractivity contribution in [1.29, 1.82) is 0 Å². The number of carbonyl (C=O) groups excluding carboxylic acids is 1. The van der Waals surface area contributed by atoms with E-state index in [-0.39, 0.29) is 11.3 Å². The van der Waals surface area contributed by atoms with Crippen LogP contribution in [0, 0.1) is 17.3 Å². The van der Waals surface area contributed by atoms with Crippen molar-refractivity contribution in [2.45, 2.75) is 60.0 Å². The molecule has 0 aromatic heterocycles. The Kier molecular flexibility index (Phi) is 5.20. The highest BCUT2D eigenvalue weighted by Crippen LogP contribution is 2.26. The van der Waals surface area contributed by atoms with E-state index in [9.17, 15) is 9.90 Å². The van der Waals surface area contributed by atoms with Gasteiger partial charge in [0.25, 0.3) is 5.91 Å². The molecule has 1 rings (SSSR count). The summed E-state index contributed by atoms with van der Waals surface area (Å²) in [5.41, 5.74) is -0.00860. The molecule has 0 aromatic carbocycles. The molecule has 106 valence electrons. The summed E-state index contributed by atoms with van der Waals surface area (Å²) in [6.07, 6.45) is 1.85. The van der Waals surface area contributed by atoms with Gasteiger partial charge in [-0.15, -0.1) is 0 Å². The highest BCUT2D eigenvalue weighted by Gasteiger charge is 2.30. The molecular weight excluding hydrogens is 226 g/mol. The van der Waals surface area contributed by atoms with Gasteiger partial charge < -0.3 is 10.0 Å². The molecule has 1 atom stereocenters. The average Bonchev–Trinajstić information content (AvgIpc) is 2.26. The SMILES string of the molecule is CC(C)C1CCN(C(=O)[C@H](O)CC(C)(C)C)CC1. The van der Waals surface area contributed by atoms with Gasteiger partial charge in [-0.25, -0.2) is 0 Å². The van der Waals surface area contributed by atoms with Crippen LogP contribution in [0.25, 0.3) is 0 Å². The highest BCUT2D eigenvalue weighted by atomic mass is 16.3. The Labute approximate surface area is 112 Å². The van der Waals surface area contributed by atoms with E-state index in [1.54, 1.807) is 0 Å². The second kappa shape index (κ2) is 6.05. The van der Waals surface area contributed by atoms with Crippen molar-refractivity contribution in [1.82, 2.24) is 4.90 Å². The fourth-order valence-corrected chi connectivity index (χ4v) is 2.66. The van der Waals surface area contributed by atoms with Gasteiger partial charge in [-0.1, -0.05) is 34.6 Å². The molecule has 18 heavy (non-hydrogen) atoms. The fraction of sp³-hybridized carbons (Fsp3) is 0.933. The van der Waals surface area contributed by atoms with Crippen LogP contribution < -0.4 is 0 Å². The molecule has 1 heterocycles. The van der Waals surface area contributed by atoms with Gasteiger partial charge in [0.2, 0.25) is 0 Å². The quantitative estimate of drug-likeness (QED) is 0.842. The number of piperidine rings is 1. The topological polar surface area (TPSA) is 40.5 Å². The normalized spacial score (nSPS) is 20.3. The molecule has 1 aliphatic heterocycles. The summed E-state index contributed by atoms with van der Waals surface area (Å²) in [6, 6.07) is 0. The van der Waals surface area contributed by atoms with Crippen LogP contribution in [0.5, 0.6) is 0 Å². The van der Waals surface area contributed by atoms with E-state index in [0.29, 0.717) is 12.3 Å². The summed E-state index contributed by atoms with van der Waals surface area (Å²) < 4.78 is 0. The number of amides is 1. The van der Waals surface area contributed by atoms with Crippen LogP contribution in [0.1, 0.15) is 53.9 Å². The minimum absolute atomic E-state index is 0.00860. The number of hydrogen-bond acceptors (Lipinski definition) is 2. The number of likely N-dealkylation sites (tertiary alicyclic amines) is 1. The van der Waals surface area contributed by atoms with Gasteiger partial charge in [-0.3, -0.25) is 4.79 Å². The smallest absolute Gasteiger partial charge is 0.251 e. The Morgan fingerprint density at radius 3 is 2.17 bits per heavy atom. The Morgan fingerprint density at radius 2 is 1.78 bits per heavy atom. The van der Waals surface area contributed by atoms with Crippen LogP contribution in [-0.4, -0.2) is 35.1 Å². The van der Waals surface area contributed by atoms with E-state index >= 15 is 0 Å². The standard InChI is InChI=1S/C15H29NO2/c1-11(2)12-6-8-16(9-7-12)14(18)13(17)10-15(3,4)5/h11-13,17H,6-10H2,1-5H3/t13-/m1/s1. The molecule has 0 radical (unpaired) electrons. The van der Waals surface area contributed by atoms with E-state index in [4.69, 9.17) is 0 Å². The number of nitrogens with zero attached hydrogens (tertiary/aromatic N) is 1. The Balaban J connectivity index is 2.45. The summed E-state index contributed by atoms with van der Waals surface area (Å²) >= 11 is 0. The van der Waals surface area contributed by atoms with Crippen molar-refractivity contribution in [3.05, 3.63) is 0 Å². The van der Waals surface area contributed by atoms with Gasteiger partial charge in [0.15, 0.2) is 0 Å². The second-order valence-electron chi connectivity index (χ2n) is 7.19. The lowest BCUT2D eigenvalue weighted by Gasteiger charge is -2.35. The van der Waals surface area contributed by atoms with Crippen molar-refractivity contribution >= 4 is 5.91 Å². The molecule has 1 saturated heterocycles. The lowest BCUT2D eigenvalue weighted by Crippen LogP contribution is -2.45. The molecule has 0 bridgehead atoms. The fourth-order valence-electron chi connectivity index (χ4n) is 2.66. The Morgan fingerprint density at radius 1 is 1.28 bits per heavy atom. The molecule has 0 unspecified atom stereocenters. The Hall–Kier alpha value is -0.570. The third-order valence-corrected chi connectivity index (χ3v) is 3.88. The molecule has 0 saturated carbocycles. The number of rotatable bonds is 3. The average molecular weight is 255 g/mol.